The Morgan fingerprint density at radius 2 is 2.28 bits per heavy atom. The predicted octanol–water partition coefficient (Wildman–Crippen LogP) is 3.01. The number of nitrogens with zero attached hydrogens (tertiary/aromatic N) is 1. The van der Waals surface area contributed by atoms with E-state index in [0.29, 0.717) is 6.04 Å². The molecule has 0 saturated carbocycles. The molecule has 0 aromatic carbocycles. The van der Waals surface area contributed by atoms with Crippen molar-refractivity contribution in [1.29, 1.82) is 0 Å². The van der Waals surface area contributed by atoms with Gasteiger partial charge in [0.05, 0.1) is 12.8 Å². The van der Waals surface area contributed by atoms with Gasteiger partial charge >= 0.3 is 0 Å². The molecule has 2 heterocycles. The monoisotopic (exact) mass is 250 g/mol. The van der Waals surface area contributed by atoms with Gasteiger partial charge in [0.25, 0.3) is 0 Å². The van der Waals surface area contributed by atoms with E-state index in [4.69, 9.17) is 4.42 Å². The van der Waals surface area contributed by atoms with Gasteiger partial charge in [-0.1, -0.05) is 13.8 Å². The molecule has 2 rings (SSSR count). The van der Waals surface area contributed by atoms with Gasteiger partial charge in [0, 0.05) is 18.2 Å². The lowest BCUT2D eigenvalue weighted by Gasteiger charge is -2.35. The molecule has 3 nitrogen and oxygen atoms in total. The topological polar surface area (TPSA) is 28.4 Å². The van der Waals surface area contributed by atoms with Crippen LogP contribution in [0.1, 0.15) is 44.9 Å². The highest BCUT2D eigenvalue weighted by Crippen LogP contribution is 2.24. The second-order valence-corrected chi connectivity index (χ2v) is 5.65. The third-order valence-electron chi connectivity index (χ3n) is 3.92. The van der Waals surface area contributed by atoms with Crippen LogP contribution in [0, 0.1) is 5.92 Å². The van der Waals surface area contributed by atoms with Crippen LogP contribution in [0.15, 0.2) is 16.7 Å². The van der Waals surface area contributed by atoms with Gasteiger partial charge < -0.3 is 9.73 Å². The Labute approximate surface area is 111 Å². The van der Waals surface area contributed by atoms with Crippen molar-refractivity contribution in [2.45, 2.75) is 52.7 Å². The third-order valence-corrected chi connectivity index (χ3v) is 3.92. The molecule has 1 aliphatic heterocycles. The molecule has 0 spiro atoms. The first kappa shape index (κ1) is 13.6. The molecule has 0 bridgehead atoms. The lowest BCUT2D eigenvalue weighted by atomic mass is 9.93. The third kappa shape index (κ3) is 3.59. The van der Waals surface area contributed by atoms with E-state index < -0.39 is 0 Å². The summed E-state index contributed by atoms with van der Waals surface area (Å²) >= 11 is 0. The molecule has 18 heavy (non-hydrogen) atoms. The van der Waals surface area contributed by atoms with Crippen LogP contribution in [0.3, 0.4) is 0 Å². The summed E-state index contributed by atoms with van der Waals surface area (Å²) in [6, 6.07) is 2.86. The van der Waals surface area contributed by atoms with Crippen molar-refractivity contribution in [3.05, 3.63) is 23.7 Å². The minimum absolute atomic E-state index is 0.677. The molecule has 0 radical (unpaired) electrons. The summed E-state index contributed by atoms with van der Waals surface area (Å²) < 4.78 is 5.66. The van der Waals surface area contributed by atoms with Crippen molar-refractivity contribution in [2.24, 2.45) is 5.92 Å². The predicted molar refractivity (Wildman–Crippen MR) is 74.4 cm³/mol. The van der Waals surface area contributed by atoms with E-state index in [1.54, 1.807) is 0 Å². The van der Waals surface area contributed by atoms with Gasteiger partial charge in [-0.15, -0.1) is 0 Å². The SMILES string of the molecule is CCNCc1coc(CN2CCC(C)CC2C)c1. The molecule has 102 valence electrons. The maximum Gasteiger partial charge on any atom is 0.118 e. The van der Waals surface area contributed by atoms with Crippen LogP contribution in [-0.2, 0) is 13.1 Å². The molecular weight excluding hydrogens is 224 g/mol. The quantitative estimate of drug-likeness (QED) is 0.871. The Morgan fingerprint density at radius 1 is 1.44 bits per heavy atom. The average molecular weight is 250 g/mol. The minimum atomic E-state index is 0.677. The molecule has 0 aliphatic carbocycles. The van der Waals surface area contributed by atoms with E-state index >= 15 is 0 Å². The normalized spacial score (nSPS) is 25.5. The molecule has 1 saturated heterocycles. The van der Waals surface area contributed by atoms with Gasteiger partial charge in [-0.2, -0.15) is 0 Å². The van der Waals surface area contributed by atoms with Gasteiger partial charge in [-0.05, 0) is 44.8 Å². The van der Waals surface area contributed by atoms with Crippen LogP contribution in [0.4, 0.5) is 0 Å². The molecule has 1 N–H and O–H groups in total. The van der Waals surface area contributed by atoms with E-state index in [1.165, 1.54) is 24.9 Å². The molecule has 1 aromatic heterocycles. The largest absolute Gasteiger partial charge is 0.468 e. The highest BCUT2D eigenvalue weighted by molar-refractivity contribution is 5.12. The van der Waals surface area contributed by atoms with E-state index in [2.05, 4.69) is 37.1 Å². The maximum atomic E-state index is 5.66. The number of nitrogens with one attached hydrogen (secondary N) is 1. The van der Waals surface area contributed by atoms with Crippen LogP contribution >= 0.6 is 0 Å². The van der Waals surface area contributed by atoms with Gasteiger partial charge in [0.15, 0.2) is 0 Å². The second kappa shape index (κ2) is 6.39. The summed E-state index contributed by atoms with van der Waals surface area (Å²) in [7, 11) is 0. The zero-order valence-electron chi connectivity index (χ0n) is 11.9. The van der Waals surface area contributed by atoms with Crippen LogP contribution in [0.5, 0.6) is 0 Å². The first-order valence-corrected chi connectivity index (χ1v) is 7.20. The van der Waals surface area contributed by atoms with Crippen LogP contribution in [0.2, 0.25) is 0 Å². The maximum absolute atomic E-state index is 5.66. The van der Waals surface area contributed by atoms with Crippen molar-refractivity contribution in [2.75, 3.05) is 13.1 Å². The molecule has 3 heteroatoms. The number of piperidine rings is 1. The summed E-state index contributed by atoms with van der Waals surface area (Å²) in [4.78, 5) is 2.54. The van der Waals surface area contributed by atoms with Gasteiger partial charge in [-0.3, -0.25) is 4.90 Å². The standard InChI is InChI=1S/C15H26N2O/c1-4-16-9-14-8-15(18-11-14)10-17-6-5-12(2)7-13(17)3/h8,11-13,16H,4-7,9-10H2,1-3H3. The minimum Gasteiger partial charge on any atom is -0.468 e. The zero-order chi connectivity index (χ0) is 13.0. The summed E-state index contributed by atoms with van der Waals surface area (Å²) in [5.74, 6) is 1.97. The molecule has 0 amide bonds. The Morgan fingerprint density at radius 3 is 3.00 bits per heavy atom. The molecule has 1 aromatic rings. The van der Waals surface area contributed by atoms with E-state index in [-0.39, 0.29) is 0 Å². The van der Waals surface area contributed by atoms with Crippen LogP contribution < -0.4 is 5.32 Å². The van der Waals surface area contributed by atoms with Crippen molar-refractivity contribution in [3.8, 4) is 0 Å². The number of likely N-dealkylation sites (tertiary alicyclic amines) is 1. The average Bonchev–Trinajstić information content (AvgIpc) is 2.78. The summed E-state index contributed by atoms with van der Waals surface area (Å²) in [6.07, 6.45) is 4.51. The molecular formula is C15H26N2O. The summed E-state index contributed by atoms with van der Waals surface area (Å²) in [5.41, 5.74) is 1.25. The Balaban J connectivity index is 1.87. The van der Waals surface area contributed by atoms with Crippen molar-refractivity contribution in [3.63, 3.8) is 0 Å². The second-order valence-electron chi connectivity index (χ2n) is 5.65. The highest BCUT2D eigenvalue weighted by atomic mass is 16.3. The van der Waals surface area contributed by atoms with Gasteiger partial charge in [0.1, 0.15) is 5.76 Å². The van der Waals surface area contributed by atoms with E-state index in [9.17, 15) is 0 Å². The van der Waals surface area contributed by atoms with Gasteiger partial charge in [-0.25, -0.2) is 0 Å². The number of hydrogen-bond donors (Lipinski definition) is 1. The number of hydrogen-bond acceptors (Lipinski definition) is 3. The Bertz CT molecular complexity index is 361. The Hall–Kier alpha value is -0.800. The molecule has 2 atom stereocenters. The molecule has 1 aliphatic rings. The highest BCUT2D eigenvalue weighted by Gasteiger charge is 2.23. The smallest absolute Gasteiger partial charge is 0.118 e. The summed E-state index contributed by atoms with van der Waals surface area (Å²) in [6.45, 7) is 10.9. The fraction of sp³-hybridized carbons (Fsp3) is 0.733. The molecule has 2 unspecified atom stereocenters. The molecule has 1 fully saturated rings. The fourth-order valence-corrected chi connectivity index (χ4v) is 2.76. The number of furan rings is 1. The van der Waals surface area contributed by atoms with E-state index in [0.717, 1.165) is 31.3 Å². The zero-order valence-corrected chi connectivity index (χ0v) is 11.9. The van der Waals surface area contributed by atoms with Crippen molar-refractivity contribution < 1.29 is 4.42 Å². The van der Waals surface area contributed by atoms with Gasteiger partial charge in [0.2, 0.25) is 0 Å². The first-order valence-electron chi connectivity index (χ1n) is 7.20. The summed E-state index contributed by atoms with van der Waals surface area (Å²) in [5, 5.41) is 3.32. The lowest BCUT2D eigenvalue weighted by Crippen LogP contribution is -2.39. The number of rotatable bonds is 5. The fourth-order valence-electron chi connectivity index (χ4n) is 2.76. The van der Waals surface area contributed by atoms with E-state index in [1.807, 2.05) is 6.26 Å². The lowest BCUT2D eigenvalue weighted by molar-refractivity contribution is 0.114. The van der Waals surface area contributed by atoms with Crippen molar-refractivity contribution >= 4 is 0 Å². The van der Waals surface area contributed by atoms with Crippen molar-refractivity contribution in [1.82, 2.24) is 10.2 Å². The Kier molecular flexibility index (Phi) is 4.84. The van der Waals surface area contributed by atoms with Crippen LogP contribution in [0.25, 0.3) is 0 Å². The first-order chi connectivity index (χ1) is 8.69. The van der Waals surface area contributed by atoms with Crippen LogP contribution in [-0.4, -0.2) is 24.0 Å².